The fraction of sp³-hybridized carbons (Fsp3) is 0. The van der Waals surface area contributed by atoms with Crippen molar-refractivity contribution in [2.24, 2.45) is 0 Å². The van der Waals surface area contributed by atoms with Gasteiger partial charge in [-0.1, -0.05) is 78.6 Å². The number of amides is 2. The van der Waals surface area contributed by atoms with Crippen LogP contribution < -0.4 is 0 Å². The Morgan fingerprint density at radius 2 is 1.76 bits per heavy atom. The second-order valence-electron chi connectivity index (χ2n) is 5.09. The standard InChI is InChI=1S/C19H12BrNO2S2/c20-15-11-5-4-10-14(15)17(22)21-18(23)16(25-19(21)24)12-6-9-13-7-2-1-3-8-13/h1-12H/b9-6+,16-12+. The van der Waals surface area contributed by atoms with E-state index in [0.717, 1.165) is 22.2 Å². The molecule has 0 unspecified atom stereocenters. The lowest BCUT2D eigenvalue weighted by atomic mass is 10.2. The topological polar surface area (TPSA) is 37.4 Å². The van der Waals surface area contributed by atoms with Crippen molar-refractivity contribution in [1.29, 1.82) is 0 Å². The summed E-state index contributed by atoms with van der Waals surface area (Å²) in [6.45, 7) is 0. The van der Waals surface area contributed by atoms with Gasteiger partial charge in [-0.2, -0.15) is 0 Å². The van der Waals surface area contributed by atoms with Gasteiger partial charge in [-0.3, -0.25) is 9.59 Å². The third-order valence-electron chi connectivity index (χ3n) is 3.44. The van der Waals surface area contributed by atoms with Crippen LogP contribution in [0.4, 0.5) is 0 Å². The molecule has 1 heterocycles. The maximum Gasteiger partial charge on any atom is 0.273 e. The van der Waals surface area contributed by atoms with Crippen molar-refractivity contribution < 1.29 is 9.59 Å². The van der Waals surface area contributed by atoms with Crippen molar-refractivity contribution in [3.63, 3.8) is 0 Å². The van der Waals surface area contributed by atoms with Crippen LogP contribution >= 0.6 is 39.9 Å². The molecule has 0 N–H and O–H groups in total. The SMILES string of the molecule is O=C1/C(=C\C=C\c2ccccc2)SC(=S)N1C(=O)c1ccccc1Br. The maximum absolute atomic E-state index is 12.7. The Bertz CT molecular complexity index is 907. The first-order valence-electron chi connectivity index (χ1n) is 7.36. The molecule has 2 aromatic rings. The summed E-state index contributed by atoms with van der Waals surface area (Å²) in [6.07, 6.45) is 5.35. The number of thioether (sulfide) groups is 1. The quantitative estimate of drug-likeness (QED) is 0.388. The molecule has 0 atom stereocenters. The minimum atomic E-state index is -0.426. The molecule has 6 heteroatoms. The monoisotopic (exact) mass is 429 g/mol. The Morgan fingerprint density at radius 3 is 2.48 bits per heavy atom. The van der Waals surface area contributed by atoms with Gasteiger partial charge in [0.05, 0.1) is 10.5 Å². The molecule has 0 aliphatic carbocycles. The molecule has 0 saturated carbocycles. The predicted octanol–water partition coefficient (Wildman–Crippen LogP) is 5.05. The largest absolute Gasteiger partial charge is 0.273 e. The van der Waals surface area contributed by atoms with E-state index in [1.165, 1.54) is 0 Å². The molecule has 1 aliphatic rings. The van der Waals surface area contributed by atoms with Crippen LogP contribution in [0.3, 0.4) is 0 Å². The second-order valence-corrected chi connectivity index (χ2v) is 7.62. The molecule has 25 heavy (non-hydrogen) atoms. The number of nitrogens with zero attached hydrogens (tertiary/aromatic N) is 1. The van der Waals surface area contributed by atoms with Gasteiger partial charge in [0.25, 0.3) is 11.8 Å². The van der Waals surface area contributed by atoms with Crippen molar-refractivity contribution >= 4 is 62.1 Å². The van der Waals surface area contributed by atoms with Crippen LogP contribution in [-0.4, -0.2) is 21.0 Å². The number of hydrogen-bond donors (Lipinski definition) is 0. The summed E-state index contributed by atoms with van der Waals surface area (Å²) in [7, 11) is 0. The summed E-state index contributed by atoms with van der Waals surface area (Å²) in [5, 5.41) is 0. The van der Waals surface area contributed by atoms with Gasteiger partial charge >= 0.3 is 0 Å². The van der Waals surface area contributed by atoms with Crippen LogP contribution in [0.15, 0.2) is 76.1 Å². The highest BCUT2D eigenvalue weighted by atomic mass is 79.9. The average molecular weight is 430 g/mol. The third kappa shape index (κ3) is 3.98. The zero-order chi connectivity index (χ0) is 17.8. The molecule has 0 bridgehead atoms. The van der Waals surface area contributed by atoms with Gasteiger partial charge in [0.15, 0.2) is 4.32 Å². The van der Waals surface area contributed by atoms with Crippen LogP contribution in [0.25, 0.3) is 6.08 Å². The molecule has 1 aliphatic heterocycles. The van der Waals surface area contributed by atoms with E-state index in [9.17, 15) is 9.59 Å². The molecular formula is C19H12BrNO2S2. The minimum Gasteiger partial charge on any atom is -0.268 e. The summed E-state index contributed by atoms with van der Waals surface area (Å²) < 4.78 is 0.868. The normalized spacial score (nSPS) is 16.2. The lowest BCUT2D eigenvalue weighted by Gasteiger charge is -2.13. The first kappa shape index (κ1) is 17.8. The minimum absolute atomic E-state index is 0.241. The first-order chi connectivity index (χ1) is 12.1. The highest BCUT2D eigenvalue weighted by Gasteiger charge is 2.37. The molecule has 1 saturated heterocycles. The van der Waals surface area contributed by atoms with E-state index >= 15 is 0 Å². The van der Waals surface area contributed by atoms with Gasteiger partial charge in [0, 0.05) is 4.47 Å². The Kier molecular flexibility index (Phi) is 5.63. The summed E-state index contributed by atoms with van der Waals surface area (Å²) >= 11 is 9.68. The molecular weight excluding hydrogens is 418 g/mol. The Hall–Kier alpha value is -2.02. The van der Waals surface area contributed by atoms with E-state index in [0.29, 0.717) is 14.9 Å². The average Bonchev–Trinajstić information content (AvgIpc) is 2.89. The Labute approximate surface area is 163 Å². The fourth-order valence-electron chi connectivity index (χ4n) is 2.22. The molecule has 3 nitrogen and oxygen atoms in total. The van der Waals surface area contributed by atoms with E-state index in [-0.39, 0.29) is 4.32 Å². The van der Waals surface area contributed by atoms with Crippen LogP contribution in [0.5, 0.6) is 0 Å². The van der Waals surface area contributed by atoms with Crippen molar-refractivity contribution in [2.75, 3.05) is 0 Å². The zero-order valence-corrected chi connectivity index (χ0v) is 16.1. The van der Waals surface area contributed by atoms with E-state index < -0.39 is 11.8 Å². The van der Waals surface area contributed by atoms with Crippen molar-refractivity contribution in [1.82, 2.24) is 4.90 Å². The summed E-state index contributed by atoms with van der Waals surface area (Å²) in [4.78, 5) is 26.7. The number of benzene rings is 2. The smallest absolute Gasteiger partial charge is 0.268 e. The molecule has 2 aromatic carbocycles. The summed E-state index contributed by atoms with van der Waals surface area (Å²) in [6, 6.07) is 16.7. The van der Waals surface area contributed by atoms with Crippen molar-refractivity contribution in [2.45, 2.75) is 0 Å². The van der Waals surface area contributed by atoms with Gasteiger partial charge in [0.1, 0.15) is 0 Å². The van der Waals surface area contributed by atoms with E-state index in [1.807, 2.05) is 36.4 Å². The second kappa shape index (κ2) is 7.91. The van der Waals surface area contributed by atoms with Gasteiger partial charge in [-0.05, 0) is 39.7 Å². The molecule has 0 spiro atoms. The molecule has 0 radical (unpaired) electrons. The molecule has 2 amide bonds. The lowest BCUT2D eigenvalue weighted by Crippen LogP contribution is -2.34. The molecule has 3 rings (SSSR count). The Balaban J connectivity index is 1.81. The summed E-state index contributed by atoms with van der Waals surface area (Å²) in [5.74, 6) is -0.820. The number of allylic oxidation sites excluding steroid dienone is 2. The van der Waals surface area contributed by atoms with Crippen LogP contribution in [0, 0.1) is 0 Å². The highest BCUT2D eigenvalue weighted by molar-refractivity contribution is 9.10. The number of carbonyl (C=O) groups excluding carboxylic acids is 2. The molecule has 0 aromatic heterocycles. The third-order valence-corrected chi connectivity index (χ3v) is 5.45. The Morgan fingerprint density at radius 1 is 1.08 bits per heavy atom. The number of halogens is 1. The van der Waals surface area contributed by atoms with E-state index in [2.05, 4.69) is 15.9 Å². The highest BCUT2D eigenvalue weighted by Crippen LogP contribution is 2.33. The van der Waals surface area contributed by atoms with Gasteiger partial charge in [-0.15, -0.1) is 0 Å². The van der Waals surface area contributed by atoms with Crippen LogP contribution in [-0.2, 0) is 4.79 Å². The lowest BCUT2D eigenvalue weighted by molar-refractivity contribution is -0.120. The predicted molar refractivity (Wildman–Crippen MR) is 109 cm³/mol. The van der Waals surface area contributed by atoms with Crippen LogP contribution in [0.2, 0.25) is 0 Å². The number of thiocarbonyl (C=S) groups is 1. The summed E-state index contributed by atoms with van der Waals surface area (Å²) in [5.41, 5.74) is 1.43. The van der Waals surface area contributed by atoms with Gasteiger partial charge in [-0.25, -0.2) is 4.90 Å². The van der Waals surface area contributed by atoms with Crippen molar-refractivity contribution in [3.8, 4) is 0 Å². The maximum atomic E-state index is 12.7. The van der Waals surface area contributed by atoms with Gasteiger partial charge < -0.3 is 0 Å². The van der Waals surface area contributed by atoms with Crippen molar-refractivity contribution in [3.05, 3.63) is 87.3 Å². The fourth-order valence-corrected chi connectivity index (χ4v) is 3.88. The molecule has 124 valence electrons. The number of carbonyl (C=O) groups is 2. The zero-order valence-electron chi connectivity index (χ0n) is 12.9. The molecule has 1 fully saturated rings. The van der Waals surface area contributed by atoms with E-state index in [1.54, 1.807) is 36.4 Å². The van der Waals surface area contributed by atoms with Crippen LogP contribution in [0.1, 0.15) is 15.9 Å². The number of rotatable bonds is 3. The van der Waals surface area contributed by atoms with Gasteiger partial charge in [0.2, 0.25) is 0 Å². The number of imide groups is 1. The van der Waals surface area contributed by atoms with E-state index in [4.69, 9.17) is 12.2 Å². The first-order valence-corrected chi connectivity index (χ1v) is 9.38. The number of hydrogen-bond acceptors (Lipinski definition) is 4.